The number of nitrogens with one attached hydrogen (secondary N) is 1. The number of hydrogen-bond donors (Lipinski definition) is 1. The van der Waals surface area contributed by atoms with E-state index in [1.54, 1.807) is 12.4 Å². The summed E-state index contributed by atoms with van der Waals surface area (Å²) in [5.41, 5.74) is 4.56. The Kier molecular flexibility index (Phi) is 4.73. The number of aromatic amines is 1. The molecule has 4 heterocycles. The third-order valence-corrected chi connectivity index (χ3v) is 5.42. The van der Waals surface area contributed by atoms with E-state index in [4.69, 9.17) is 9.47 Å². The topological polar surface area (TPSA) is 80.3 Å². The number of pyridine rings is 1. The summed E-state index contributed by atoms with van der Waals surface area (Å²) in [7, 11) is 0. The smallest absolute Gasteiger partial charge is 0.260 e. The van der Waals surface area contributed by atoms with Crippen LogP contribution in [0.2, 0.25) is 0 Å². The van der Waals surface area contributed by atoms with Gasteiger partial charge in [0.2, 0.25) is 5.88 Å². The molecule has 7 nitrogen and oxygen atoms in total. The second-order valence-electron chi connectivity index (χ2n) is 7.41. The molecule has 29 heavy (non-hydrogen) atoms. The van der Waals surface area contributed by atoms with E-state index in [0.717, 1.165) is 41.8 Å². The van der Waals surface area contributed by atoms with Crippen molar-refractivity contribution in [1.82, 2.24) is 20.1 Å². The van der Waals surface area contributed by atoms with E-state index in [9.17, 15) is 4.79 Å². The molecule has 1 saturated heterocycles. The lowest BCUT2D eigenvalue weighted by Crippen LogP contribution is -2.24. The van der Waals surface area contributed by atoms with Crippen molar-refractivity contribution >= 4 is 5.91 Å². The summed E-state index contributed by atoms with van der Waals surface area (Å²) in [5.74, 6) is 0.381. The molecule has 148 valence electrons. The quantitative estimate of drug-likeness (QED) is 0.699. The SMILES string of the molecule is O=C1c2c(ccnc2OCC2CCCO2)CN1Cc1ccc(-c2cc[nH]n2)cc1. The molecular formula is C22H22N4O3. The molecule has 0 saturated carbocycles. The molecule has 0 aliphatic carbocycles. The van der Waals surface area contributed by atoms with E-state index in [2.05, 4.69) is 15.2 Å². The molecule has 2 aliphatic rings. The maximum Gasteiger partial charge on any atom is 0.260 e. The van der Waals surface area contributed by atoms with Gasteiger partial charge in [0.05, 0.1) is 11.8 Å². The van der Waals surface area contributed by atoms with E-state index in [0.29, 0.717) is 31.1 Å². The van der Waals surface area contributed by atoms with E-state index >= 15 is 0 Å². The van der Waals surface area contributed by atoms with Gasteiger partial charge in [0.25, 0.3) is 5.91 Å². The van der Waals surface area contributed by atoms with E-state index in [-0.39, 0.29) is 12.0 Å². The number of amides is 1. The lowest BCUT2D eigenvalue weighted by Gasteiger charge is -2.16. The van der Waals surface area contributed by atoms with Crippen LogP contribution in [0.4, 0.5) is 0 Å². The number of fused-ring (bicyclic) bond motifs is 1. The van der Waals surface area contributed by atoms with Crippen LogP contribution in [0, 0.1) is 0 Å². The number of nitrogens with zero attached hydrogens (tertiary/aromatic N) is 3. The fraction of sp³-hybridized carbons (Fsp3) is 0.318. The summed E-state index contributed by atoms with van der Waals surface area (Å²) >= 11 is 0. The highest BCUT2D eigenvalue weighted by atomic mass is 16.5. The highest BCUT2D eigenvalue weighted by Gasteiger charge is 2.32. The Morgan fingerprint density at radius 2 is 2.10 bits per heavy atom. The maximum absolute atomic E-state index is 13.0. The van der Waals surface area contributed by atoms with Crippen LogP contribution in [0.15, 0.2) is 48.8 Å². The first-order valence-electron chi connectivity index (χ1n) is 9.88. The van der Waals surface area contributed by atoms with E-state index in [1.807, 2.05) is 41.3 Å². The van der Waals surface area contributed by atoms with Crippen LogP contribution in [0.3, 0.4) is 0 Å². The predicted molar refractivity (Wildman–Crippen MR) is 106 cm³/mol. The molecule has 0 radical (unpaired) electrons. The molecule has 0 spiro atoms. The molecule has 5 rings (SSSR count). The molecule has 3 aromatic rings. The highest BCUT2D eigenvalue weighted by Crippen LogP contribution is 2.31. The first kappa shape index (κ1) is 17.9. The van der Waals surface area contributed by atoms with Crippen LogP contribution >= 0.6 is 0 Å². The number of H-pyrrole nitrogens is 1. The minimum atomic E-state index is -0.0354. The van der Waals surface area contributed by atoms with Gasteiger partial charge < -0.3 is 14.4 Å². The monoisotopic (exact) mass is 390 g/mol. The molecule has 1 atom stereocenters. The summed E-state index contributed by atoms with van der Waals surface area (Å²) in [4.78, 5) is 19.2. The van der Waals surface area contributed by atoms with Gasteiger partial charge in [0.1, 0.15) is 12.2 Å². The lowest BCUT2D eigenvalue weighted by molar-refractivity contribution is 0.0643. The standard InChI is InChI=1S/C22H22N4O3/c27-22-20-17(7-9-23-21(20)29-14-18-2-1-11-28-18)13-26(22)12-15-3-5-16(6-4-15)19-8-10-24-25-19/h3-10,18H,1-2,11-14H2,(H,24,25). The summed E-state index contributed by atoms with van der Waals surface area (Å²) < 4.78 is 11.5. The van der Waals surface area contributed by atoms with Crippen LogP contribution in [0.1, 0.15) is 34.3 Å². The van der Waals surface area contributed by atoms with Gasteiger partial charge in [-0.15, -0.1) is 0 Å². The van der Waals surface area contributed by atoms with Crippen LogP contribution in [0.25, 0.3) is 11.3 Å². The van der Waals surface area contributed by atoms with Crippen LogP contribution in [-0.2, 0) is 17.8 Å². The van der Waals surface area contributed by atoms with Crippen molar-refractivity contribution in [3.63, 3.8) is 0 Å². The number of benzene rings is 1. The summed E-state index contributed by atoms with van der Waals surface area (Å²) in [5, 5.41) is 7.02. The van der Waals surface area contributed by atoms with Gasteiger partial charge in [-0.05, 0) is 36.1 Å². The molecular weight excluding hydrogens is 368 g/mol. The number of carbonyl (C=O) groups is 1. The van der Waals surface area contributed by atoms with Gasteiger partial charge >= 0.3 is 0 Å². The summed E-state index contributed by atoms with van der Waals surface area (Å²) in [6.07, 6.45) is 5.64. The summed E-state index contributed by atoms with van der Waals surface area (Å²) in [6.45, 7) is 2.32. The van der Waals surface area contributed by atoms with E-state index < -0.39 is 0 Å². The Labute approximate surface area is 168 Å². The molecule has 1 N–H and O–H groups in total. The van der Waals surface area contributed by atoms with Gasteiger partial charge in [0.15, 0.2) is 0 Å². The molecule has 2 aliphatic heterocycles. The van der Waals surface area contributed by atoms with Crippen molar-refractivity contribution in [3.05, 3.63) is 65.5 Å². The molecule has 1 fully saturated rings. The van der Waals surface area contributed by atoms with Crippen LogP contribution in [-0.4, -0.2) is 45.3 Å². The first-order chi connectivity index (χ1) is 14.3. The molecule has 0 bridgehead atoms. The second kappa shape index (κ2) is 7.67. The number of aromatic nitrogens is 3. The Hall–Kier alpha value is -3.19. The normalized spacial score (nSPS) is 18.3. The zero-order valence-corrected chi connectivity index (χ0v) is 16.0. The molecule has 2 aromatic heterocycles. The zero-order chi connectivity index (χ0) is 19.6. The maximum atomic E-state index is 13.0. The third kappa shape index (κ3) is 3.61. The number of carbonyl (C=O) groups excluding carboxylic acids is 1. The number of hydrogen-bond acceptors (Lipinski definition) is 5. The molecule has 7 heteroatoms. The minimum absolute atomic E-state index is 0.0354. The Morgan fingerprint density at radius 3 is 2.86 bits per heavy atom. The molecule has 1 aromatic carbocycles. The van der Waals surface area contributed by atoms with Crippen molar-refractivity contribution in [1.29, 1.82) is 0 Å². The fourth-order valence-electron chi connectivity index (χ4n) is 3.88. The van der Waals surface area contributed by atoms with Crippen LogP contribution < -0.4 is 4.74 Å². The Bertz CT molecular complexity index is 995. The van der Waals surface area contributed by atoms with Crippen molar-refractivity contribution in [3.8, 4) is 17.1 Å². The lowest BCUT2D eigenvalue weighted by atomic mass is 10.1. The van der Waals surface area contributed by atoms with Crippen molar-refractivity contribution < 1.29 is 14.3 Å². The van der Waals surface area contributed by atoms with Crippen LogP contribution in [0.5, 0.6) is 5.88 Å². The largest absolute Gasteiger partial charge is 0.474 e. The van der Waals surface area contributed by atoms with Crippen molar-refractivity contribution in [2.75, 3.05) is 13.2 Å². The van der Waals surface area contributed by atoms with Gasteiger partial charge in [-0.25, -0.2) is 4.98 Å². The average Bonchev–Trinajstić information content (AvgIpc) is 3.50. The molecule has 1 amide bonds. The predicted octanol–water partition coefficient (Wildman–Crippen LogP) is 3.19. The number of rotatable bonds is 6. The number of ether oxygens (including phenoxy) is 2. The van der Waals surface area contributed by atoms with Gasteiger partial charge in [-0.1, -0.05) is 24.3 Å². The van der Waals surface area contributed by atoms with Crippen molar-refractivity contribution in [2.24, 2.45) is 0 Å². The first-order valence-corrected chi connectivity index (χ1v) is 9.88. The highest BCUT2D eigenvalue weighted by molar-refractivity contribution is 6.00. The average molecular weight is 390 g/mol. The van der Waals surface area contributed by atoms with Gasteiger partial charge in [0, 0.05) is 37.7 Å². The van der Waals surface area contributed by atoms with Crippen molar-refractivity contribution in [2.45, 2.75) is 32.0 Å². The Balaban J connectivity index is 1.28. The van der Waals surface area contributed by atoms with Gasteiger partial charge in [-0.2, -0.15) is 5.10 Å². The molecule has 1 unspecified atom stereocenters. The summed E-state index contributed by atoms with van der Waals surface area (Å²) in [6, 6.07) is 11.9. The van der Waals surface area contributed by atoms with Gasteiger partial charge in [-0.3, -0.25) is 9.89 Å². The second-order valence-corrected chi connectivity index (χ2v) is 7.41. The fourth-order valence-corrected chi connectivity index (χ4v) is 3.88. The zero-order valence-electron chi connectivity index (χ0n) is 16.0. The van der Waals surface area contributed by atoms with E-state index in [1.165, 1.54) is 0 Å². The Morgan fingerprint density at radius 1 is 1.21 bits per heavy atom. The minimum Gasteiger partial charge on any atom is -0.474 e. The third-order valence-electron chi connectivity index (χ3n) is 5.42.